The van der Waals surface area contributed by atoms with E-state index < -0.39 is 5.54 Å². The highest BCUT2D eigenvalue weighted by Crippen LogP contribution is 2.33. The zero-order valence-electron chi connectivity index (χ0n) is 12.8. The van der Waals surface area contributed by atoms with E-state index in [0.29, 0.717) is 38.3 Å². The molecule has 1 aromatic rings. The predicted octanol–water partition coefficient (Wildman–Crippen LogP) is -0.0456. The van der Waals surface area contributed by atoms with Crippen LogP contribution in [0.2, 0.25) is 0 Å². The van der Waals surface area contributed by atoms with Gasteiger partial charge in [0.1, 0.15) is 11.2 Å². The third-order valence-electron chi connectivity index (χ3n) is 4.67. The van der Waals surface area contributed by atoms with Crippen molar-refractivity contribution in [3.05, 3.63) is 30.6 Å². The average molecular weight is 303 g/mol. The number of carbonyl (C=O) groups excluding carboxylic acids is 2. The molecular formula is C15H21N5O2. The van der Waals surface area contributed by atoms with Crippen molar-refractivity contribution in [3.8, 4) is 0 Å². The quantitative estimate of drug-likeness (QED) is 0.795. The number of nitrogens with zero attached hydrogens (tertiary/aromatic N) is 4. The average Bonchev–Trinajstić information content (AvgIpc) is 3.18. The molecule has 2 aliphatic rings. The Bertz CT molecular complexity index is 585. The third kappa shape index (κ3) is 2.21. The van der Waals surface area contributed by atoms with Gasteiger partial charge in [0.2, 0.25) is 5.91 Å². The Morgan fingerprint density at radius 2 is 2.32 bits per heavy atom. The molecule has 0 aliphatic carbocycles. The van der Waals surface area contributed by atoms with E-state index in [4.69, 9.17) is 0 Å². The summed E-state index contributed by atoms with van der Waals surface area (Å²) < 4.78 is 0. The number of nitrogens with one attached hydrogen (secondary N) is 1. The van der Waals surface area contributed by atoms with Crippen molar-refractivity contribution >= 4 is 11.8 Å². The number of hydrogen-bond acceptors (Lipinski definition) is 4. The lowest BCUT2D eigenvalue weighted by molar-refractivity contribution is -0.148. The van der Waals surface area contributed by atoms with Gasteiger partial charge in [-0.2, -0.15) is 5.10 Å². The van der Waals surface area contributed by atoms with E-state index in [2.05, 4.69) is 21.7 Å². The highest BCUT2D eigenvalue weighted by atomic mass is 16.2. The van der Waals surface area contributed by atoms with Gasteiger partial charge in [-0.25, -0.2) is 0 Å². The maximum Gasteiger partial charge on any atom is 0.271 e. The second kappa shape index (κ2) is 5.57. The highest BCUT2D eigenvalue weighted by Gasteiger charge is 2.53. The molecule has 1 aromatic heterocycles. The standard InChI is InChI=1S/C15H21N5O2/c1-3-7-20-10-9-18(2)14(22)15(20)5-8-19(11-15)13(21)12-4-6-16-17-12/h3-4,6H,1,5,7-11H2,2H3,(H,16,17). The molecule has 7 nitrogen and oxygen atoms in total. The van der Waals surface area contributed by atoms with Crippen LogP contribution in [0.4, 0.5) is 0 Å². The highest BCUT2D eigenvalue weighted by molar-refractivity contribution is 5.94. The van der Waals surface area contributed by atoms with Gasteiger partial charge < -0.3 is 9.80 Å². The third-order valence-corrected chi connectivity index (χ3v) is 4.67. The topological polar surface area (TPSA) is 72.5 Å². The number of hydrogen-bond donors (Lipinski definition) is 1. The van der Waals surface area contributed by atoms with Crippen LogP contribution in [0.15, 0.2) is 24.9 Å². The number of piperazine rings is 1. The molecule has 7 heteroatoms. The summed E-state index contributed by atoms with van der Waals surface area (Å²) in [5.41, 5.74) is -0.152. The first-order chi connectivity index (χ1) is 10.6. The van der Waals surface area contributed by atoms with Gasteiger partial charge >= 0.3 is 0 Å². The Kier molecular flexibility index (Phi) is 3.74. The molecule has 2 saturated heterocycles. The van der Waals surface area contributed by atoms with Gasteiger partial charge in [0, 0.05) is 46.0 Å². The van der Waals surface area contributed by atoms with E-state index in [-0.39, 0.29) is 11.8 Å². The molecule has 2 aliphatic heterocycles. The summed E-state index contributed by atoms with van der Waals surface area (Å²) in [4.78, 5) is 30.9. The summed E-state index contributed by atoms with van der Waals surface area (Å²) in [7, 11) is 1.83. The van der Waals surface area contributed by atoms with E-state index in [9.17, 15) is 9.59 Å². The molecule has 22 heavy (non-hydrogen) atoms. The number of H-pyrrole nitrogens is 1. The SMILES string of the molecule is C=CCN1CCN(C)C(=O)C12CCN(C(=O)c1ccn[nH]1)C2. The number of likely N-dealkylation sites (N-methyl/N-ethyl adjacent to an activating group) is 1. The maximum atomic E-state index is 12.8. The minimum absolute atomic E-state index is 0.0977. The first-order valence-electron chi connectivity index (χ1n) is 7.48. The van der Waals surface area contributed by atoms with Crippen LogP contribution in [0.5, 0.6) is 0 Å². The fourth-order valence-electron chi connectivity index (χ4n) is 3.44. The Morgan fingerprint density at radius 1 is 1.50 bits per heavy atom. The molecule has 3 heterocycles. The van der Waals surface area contributed by atoms with Crippen molar-refractivity contribution in [1.82, 2.24) is 24.9 Å². The summed E-state index contributed by atoms with van der Waals surface area (Å²) in [6.45, 7) is 6.96. The monoisotopic (exact) mass is 303 g/mol. The summed E-state index contributed by atoms with van der Waals surface area (Å²) in [5.74, 6) is -0.00512. The lowest BCUT2D eigenvalue weighted by Crippen LogP contribution is -2.66. The van der Waals surface area contributed by atoms with Gasteiger partial charge in [0.15, 0.2) is 0 Å². The second-order valence-electron chi connectivity index (χ2n) is 5.94. The van der Waals surface area contributed by atoms with Crippen LogP contribution in [-0.4, -0.2) is 82.0 Å². The van der Waals surface area contributed by atoms with Crippen LogP contribution in [-0.2, 0) is 4.79 Å². The minimum atomic E-state index is -0.614. The number of aromatic amines is 1. The fourth-order valence-corrected chi connectivity index (χ4v) is 3.44. The second-order valence-corrected chi connectivity index (χ2v) is 5.94. The van der Waals surface area contributed by atoms with E-state index in [1.807, 2.05) is 13.1 Å². The molecule has 1 N–H and O–H groups in total. The van der Waals surface area contributed by atoms with Crippen LogP contribution >= 0.6 is 0 Å². The number of aromatic nitrogens is 2. The Hall–Kier alpha value is -2.15. The van der Waals surface area contributed by atoms with Gasteiger partial charge in [-0.05, 0) is 12.5 Å². The first kappa shape index (κ1) is 14.8. The summed E-state index contributed by atoms with van der Waals surface area (Å²) in [6, 6.07) is 1.66. The van der Waals surface area contributed by atoms with Gasteiger partial charge in [-0.1, -0.05) is 6.08 Å². The van der Waals surface area contributed by atoms with Crippen molar-refractivity contribution < 1.29 is 9.59 Å². The Labute approximate surface area is 129 Å². The van der Waals surface area contributed by atoms with E-state index >= 15 is 0 Å². The minimum Gasteiger partial charge on any atom is -0.343 e. The lowest BCUT2D eigenvalue weighted by Gasteiger charge is -2.46. The largest absolute Gasteiger partial charge is 0.343 e. The van der Waals surface area contributed by atoms with Crippen LogP contribution in [0, 0.1) is 0 Å². The molecule has 0 radical (unpaired) electrons. The molecule has 2 amide bonds. The predicted molar refractivity (Wildman–Crippen MR) is 81.2 cm³/mol. The van der Waals surface area contributed by atoms with E-state index in [0.717, 1.165) is 6.54 Å². The van der Waals surface area contributed by atoms with E-state index in [1.165, 1.54) is 0 Å². The van der Waals surface area contributed by atoms with Crippen molar-refractivity contribution in [3.63, 3.8) is 0 Å². The van der Waals surface area contributed by atoms with Gasteiger partial charge in [0.05, 0.1) is 0 Å². The zero-order valence-corrected chi connectivity index (χ0v) is 12.8. The molecule has 0 aromatic carbocycles. The molecule has 1 atom stereocenters. The number of carbonyl (C=O) groups is 2. The van der Waals surface area contributed by atoms with E-state index in [1.54, 1.807) is 22.1 Å². The molecular weight excluding hydrogens is 282 g/mol. The lowest BCUT2D eigenvalue weighted by atomic mass is 9.91. The molecule has 1 unspecified atom stereocenters. The fraction of sp³-hybridized carbons (Fsp3) is 0.533. The van der Waals surface area contributed by atoms with Crippen LogP contribution in [0.25, 0.3) is 0 Å². The molecule has 0 saturated carbocycles. The Morgan fingerprint density at radius 3 is 3.00 bits per heavy atom. The normalized spacial score (nSPS) is 26.0. The number of rotatable bonds is 3. The van der Waals surface area contributed by atoms with Gasteiger partial charge in [-0.3, -0.25) is 19.6 Å². The van der Waals surface area contributed by atoms with Gasteiger partial charge in [-0.15, -0.1) is 6.58 Å². The number of likely N-dealkylation sites (tertiary alicyclic amines) is 1. The molecule has 2 fully saturated rings. The first-order valence-corrected chi connectivity index (χ1v) is 7.48. The molecule has 0 bridgehead atoms. The van der Waals surface area contributed by atoms with Crippen molar-refractivity contribution in [2.24, 2.45) is 0 Å². The van der Waals surface area contributed by atoms with Crippen LogP contribution in [0.1, 0.15) is 16.9 Å². The van der Waals surface area contributed by atoms with Crippen molar-refractivity contribution in [1.29, 1.82) is 0 Å². The van der Waals surface area contributed by atoms with Crippen LogP contribution in [0.3, 0.4) is 0 Å². The number of amides is 2. The van der Waals surface area contributed by atoms with Gasteiger partial charge in [0.25, 0.3) is 5.91 Å². The zero-order chi connectivity index (χ0) is 15.7. The summed E-state index contributed by atoms with van der Waals surface area (Å²) >= 11 is 0. The van der Waals surface area contributed by atoms with Crippen molar-refractivity contribution in [2.45, 2.75) is 12.0 Å². The van der Waals surface area contributed by atoms with Crippen LogP contribution < -0.4 is 0 Å². The van der Waals surface area contributed by atoms with Crippen molar-refractivity contribution in [2.75, 3.05) is 39.8 Å². The Balaban J connectivity index is 1.84. The summed E-state index contributed by atoms with van der Waals surface area (Å²) in [6.07, 6.45) is 4.03. The molecule has 3 rings (SSSR count). The maximum absolute atomic E-state index is 12.8. The summed E-state index contributed by atoms with van der Waals surface area (Å²) in [5, 5.41) is 6.51. The molecule has 1 spiro atoms. The molecule has 118 valence electrons. The smallest absolute Gasteiger partial charge is 0.271 e.